The molecule has 6 rings (SSSR count). The molecule has 1 aromatic rings. The van der Waals surface area contributed by atoms with Gasteiger partial charge in [0.25, 0.3) is 0 Å². The summed E-state index contributed by atoms with van der Waals surface area (Å²) in [4.78, 5) is 15.2. The van der Waals surface area contributed by atoms with Gasteiger partial charge in [-0.2, -0.15) is 0 Å². The second-order valence-electron chi connectivity index (χ2n) is 9.96. The molecule has 4 aliphatic carbocycles. The molecule has 1 aromatic carbocycles. The van der Waals surface area contributed by atoms with Crippen LogP contribution in [0.3, 0.4) is 0 Å². The Kier molecular flexibility index (Phi) is 5.87. The van der Waals surface area contributed by atoms with Crippen LogP contribution >= 0.6 is 0 Å². The molecular weight excluding hydrogens is 378 g/mol. The van der Waals surface area contributed by atoms with E-state index < -0.39 is 0 Å². The maximum absolute atomic E-state index is 12.8. The molecule has 5 fully saturated rings. The molecule has 0 aromatic heterocycles. The van der Waals surface area contributed by atoms with Crippen molar-refractivity contribution in [2.75, 3.05) is 44.8 Å². The lowest BCUT2D eigenvalue weighted by molar-refractivity contribution is -0.0127. The molecule has 1 saturated heterocycles. The van der Waals surface area contributed by atoms with Crippen LogP contribution in [0.2, 0.25) is 0 Å². The van der Waals surface area contributed by atoms with Crippen LogP contribution in [0.4, 0.5) is 10.5 Å². The van der Waals surface area contributed by atoms with Crippen LogP contribution in [-0.4, -0.2) is 55.9 Å². The zero-order valence-corrected chi connectivity index (χ0v) is 17.9. The third-order valence-corrected chi connectivity index (χ3v) is 7.50. The first-order valence-electron chi connectivity index (χ1n) is 11.8. The first-order chi connectivity index (χ1) is 14.7. The zero-order valence-electron chi connectivity index (χ0n) is 17.9. The maximum Gasteiger partial charge on any atom is 0.319 e. The van der Waals surface area contributed by atoms with Crippen LogP contribution in [0.15, 0.2) is 24.3 Å². The summed E-state index contributed by atoms with van der Waals surface area (Å²) < 4.78 is 11.3. The number of urea groups is 1. The van der Waals surface area contributed by atoms with Crippen LogP contribution in [0.25, 0.3) is 0 Å². The molecule has 0 radical (unpaired) electrons. The van der Waals surface area contributed by atoms with Gasteiger partial charge < -0.3 is 20.1 Å². The highest BCUT2D eigenvalue weighted by atomic mass is 16.5. The monoisotopic (exact) mass is 413 g/mol. The van der Waals surface area contributed by atoms with E-state index in [-0.39, 0.29) is 11.6 Å². The highest BCUT2D eigenvalue weighted by Crippen LogP contribution is 2.55. The minimum atomic E-state index is -0.0681. The van der Waals surface area contributed by atoms with Crippen LogP contribution in [0.1, 0.15) is 44.9 Å². The minimum Gasteiger partial charge on any atom is -0.493 e. The molecule has 164 valence electrons. The highest BCUT2D eigenvalue weighted by Gasteiger charge is 2.51. The highest BCUT2D eigenvalue weighted by molar-refractivity contribution is 5.90. The van der Waals surface area contributed by atoms with Gasteiger partial charge in [0.1, 0.15) is 5.75 Å². The SMILES string of the molecule is O=C(Nc1cccc(OCCCN2CCOCC2)c1)NC12CC3CC(CC(C3)C1)C2. The van der Waals surface area contributed by atoms with Gasteiger partial charge in [-0.1, -0.05) is 6.07 Å². The zero-order chi connectivity index (χ0) is 20.4. The minimum absolute atomic E-state index is 0.0342. The summed E-state index contributed by atoms with van der Waals surface area (Å²) in [6.07, 6.45) is 8.63. The number of nitrogens with one attached hydrogen (secondary N) is 2. The summed E-state index contributed by atoms with van der Waals surface area (Å²) in [5.74, 6) is 3.28. The molecule has 4 saturated carbocycles. The number of amides is 2. The number of ether oxygens (including phenoxy) is 2. The Bertz CT molecular complexity index is 712. The van der Waals surface area contributed by atoms with Crippen molar-refractivity contribution in [1.82, 2.24) is 10.2 Å². The number of carbonyl (C=O) groups excluding carboxylic acids is 1. The Morgan fingerprint density at radius 2 is 1.80 bits per heavy atom. The summed E-state index contributed by atoms with van der Waals surface area (Å²) >= 11 is 0. The molecule has 4 bridgehead atoms. The Morgan fingerprint density at radius 1 is 1.10 bits per heavy atom. The molecule has 0 atom stereocenters. The van der Waals surface area contributed by atoms with Crippen LogP contribution < -0.4 is 15.4 Å². The quantitative estimate of drug-likeness (QED) is 0.666. The van der Waals surface area contributed by atoms with Gasteiger partial charge in [-0.3, -0.25) is 4.90 Å². The molecule has 2 amide bonds. The van der Waals surface area contributed by atoms with E-state index in [0.717, 1.165) is 68.5 Å². The lowest BCUT2D eigenvalue weighted by Gasteiger charge is -2.56. The number of rotatable bonds is 7. The fraction of sp³-hybridized carbons (Fsp3) is 0.708. The number of carbonyl (C=O) groups is 1. The summed E-state index contributed by atoms with van der Waals surface area (Å²) in [6.45, 7) is 5.41. The Balaban J connectivity index is 1.09. The molecule has 1 aliphatic heterocycles. The van der Waals surface area contributed by atoms with Gasteiger partial charge in [-0.15, -0.1) is 0 Å². The Morgan fingerprint density at radius 3 is 2.50 bits per heavy atom. The van der Waals surface area contributed by atoms with Gasteiger partial charge >= 0.3 is 6.03 Å². The number of nitrogens with zero attached hydrogens (tertiary/aromatic N) is 1. The van der Waals surface area contributed by atoms with Crippen molar-refractivity contribution in [1.29, 1.82) is 0 Å². The van der Waals surface area contributed by atoms with Gasteiger partial charge in [-0.05, 0) is 74.8 Å². The number of morpholine rings is 1. The third-order valence-electron chi connectivity index (χ3n) is 7.50. The average Bonchev–Trinajstić information content (AvgIpc) is 2.71. The predicted octanol–water partition coefficient (Wildman–Crippen LogP) is 3.88. The number of hydrogen-bond acceptors (Lipinski definition) is 4. The number of benzene rings is 1. The van der Waals surface area contributed by atoms with E-state index in [9.17, 15) is 4.79 Å². The topological polar surface area (TPSA) is 62.8 Å². The Hall–Kier alpha value is -1.79. The fourth-order valence-corrected chi connectivity index (χ4v) is 6.63. The van der Waals surface area contributed by atoms with E-state index in [1.54, 1.807) is 0 Å². The summed E-state index contributed by atoms with van der Waals surface area (Å²) in [5, 5.41) is 6.42. The summed E-state index contributed by atoms with van der Waals surface area (Å²) in [7, 11) is 0. The fourth-order valence-electron chi connectivity index (χ4n) is 6.63. The first kappa shape index (κ1) is 20.1. The summed E-state index contributed by atoms with van der Waals surface area (Å²) in [5.41, 5.74) is 0.829. The third kappa shape index (κ3) is 4.75. The predicted molar refractivity (Wildman–Crippen MR) is 117 cm³/mol. The number of anilines is 1. The van der Waals surface area contributed by atoms with Crippen molar-refractivity contribution >= 4 is 11.7 Å². The average molecular weight is 414 g/mol. The van der Waals surface area contributed by atoms with Crippen LogP contribution in [-0.2, 0) is 4.74 Å². The van der Waals surface area contributed by atoms with E-state index in [4.69, 9.17) is 9.47 Å². The normalized spacial score (nSPS) is 32.7. The maximum atomic E-state index is 12.8. The van der Waals surface area contributed by atoms with Crippen molar-refractivity contribution in [3.8, 4) is 5.75 Å². The van der Waals surface area contributed by atoms with Gasteiger partial charge in [0.2, 0.25) is 0 Å². The molecule has 2 N–H and O–H groups in total. The summed E-state index contributed by atoms with van der Waals surface area (Å²) in [6, 6.07) is 7.68. The second kappa shape index (κ2) is 8.75. The van der Waals surface area contributed by atoms with E-state index >= 15 is 0 Å². The van der Waals surface area contributed by atoms with E-state index in [0.29, 0.717) is 6.61 Å². The van der Waals surface area contributed by atoms with Crippen molar-refractivity contribution in [2.24, 2.45) is 17.8 Å². The van der Waals surface area contributed by atoms with Crippen molar-refractivity contribution in [2.45, 2.75) is 50.5 Å². The lowest BCUT2D eigenvalue weighted by Crippen LogP contribution is -2.60. The second-order valence-corrected chi connectivity index (χ2v) is 9.96. The van der Waals surface area contributed by atoms with Gasteiger partial charge in [0, 0.05) is 36.9 Å². The van der Waals surface area contributed by atoms with Crippen molar-refractivity contribution in [3.05, 3.63) is 24.3 Å². The van der Waals surface area contributed by atoms with Crippen LogP contribution in [0, 0.1) is 17.8 Å². The van der Waals surface area contributed by atoms with Crippen LogP contribution in [0.5, 0.6) is 5.75 Å². The molecule has 1 heterocycles. The molecule has 6 nitrogen and oxygen atoms in total. The molecule has 0 spiro atoms. The number of hydrogen-bond donors (Lipinski definition) is 2. The first-order valence-corrected chi connectivity index (χ1v) is 11.8. The van der Waals surface area contributed by atoms with Crippen molar-refractivity contribution in [3.63, 3.8) is 0 Å². The smallest absolute Gasteiger partial charge is 0.319 e. The largest absolute Gasteiger partial charge is 0.493 e. The molecule has 5 aliphatic rings. The standard InChI is InChI=1S/C24H35N3O3/c28-23(26-24-15-18-11-19(16-24)13-20(12-18)17-24)25-21-3-1-4-22(14-21)30-8-2-5-27-6-9-29-10-7-27/h1,3-4,14,18-20H,2,5-13,15-17H2,(H2,25,26,28). The molecule has 0 unspecified atom stereocenters. The Labute approximate surface area is 179 Å². The van der Waals surface area contributed by atoms with E-state index in [1.807, 2.05) is 24.3 Å². The lowest BCUT2D eigenvalue weighted by atomic mass is 9.53. The van der Waals surface area contributed by atoms with Crippen molar-refractivity contribution < 1.29 is 14.3 Å². The van der Waals surface area contributed by atoms with Gasteiger partial charge in [-0.25, -0.2) is 4.79 Å². The van der Waals surface area contributed by atoms with E-state index in [2.05, 4.69) is 15.5 Å². The molecule has 30 heavy (non-hydrogen) atoms. The van der Waals surface area contributed by atoms with E-state index in [1.165, 1.54) is 38.5 Å². The van der Waals surface area contributed by atoms with Gasteiger partial charge in [0.15, 0.2) is 0 Å². The molecular formula is C24H35N3O3. The molecule has 6 heteroatoms. The van der Waals surface area contributed by atoms with Gasteiger partial charge in [0.05, 0.1) is 19.8 Å².